The van der Waals surface area contributed by atoms with Gasteiger partial charge in [-0.1, -0.05) is 38.1 Å². The lowest BCUT2D eigenvalue weighted by atomic mass is 10.0. The fourth-order valence-corrected chi connectivity index (χ4v) is 2.51. The molecule has 0 aliphatic heterocycles. The van der Waals surface area contributed by atoms with Gasteiger partial charge in [0.2, 0.25) is 5.95 Å². The summed E-state index contributed by atoms with van der Waals surface area (Å²) in [6, 6.07) is 9.01. The first kappa shape index (κ1) is 15.4. The van der Waals surface area contributed by atoms with Crippen LogP contribution in [0.5, 0.6) is 0 Å². The van der Waals surface area contributed by atoms with Gasteiger partial charge in [-0.15, -0.1) is 0 Å². The summed E-state index contributed by atoms with van der Waals surface area (Å²) in [5.74, 6) is 1.08. The lowest BCUT2D eigenvalue weighted by Crippen LogP contribution is -2.27. The van der Waals surface area contributed by atoms with Crippen molar-refractivity contribution >= 4 is 11.6 Å². The molecule has 3 rings (SSSR count). The Morgan fingerprint density at radius 1 is 1.22 bits per heavy atom. The van der Waals surface area contributed by atoms with E-state index in [4.69, 9.17) is 0 Å². The molecular formula is C17H20N4O2. The van der Waals surface area contributed by atoms with Crippen LogP contribution >= 0.6 is 0 Å². The zero-order chi connectivity index (χ0) is 16.4. The number of nitro groups is 1. The van der Waals surface area contributed by atoms with Crippen molar-refractivity contribution in [2.45, 2.75) is 45.2 Å². The normalized spacial score (nSPS) is 14.0. The highest BCUT2D eigenvalue weighted by Crippen LogP contribution is 2.31. The van der Waals surface area contributed by atoms with Gasteiger partial charge in [-0.2, -0.15) is 0 Å². The predicted molar refractivity (Wildman–Crippen MR) is 88.4 cm³/mol. The van der Waals surface area contributed by atoms with E-state index < -0.39 is 4.92 Å². The summed E-state index contributed by atoms with van der Waals surface area (Å²) in [6.07, 6.45) is 4.79. The number of aromatic nitrogens is 2. The average molecular weight is 312 g/mol. The van der Waals surface area contributed by atoms with Gasteiger partial charge < -0.3 is 4.90 Å². The van der Waals surface area contributed by atoms with Crippen LogP contribution in [-0.4, -0.2) is 20.9 Å². The van der Waals surface area contributed by atoms with Gasteiger partial charge in [0.05, 0.1) is 4.92 Å². The Morgan fingerprint density at radius 3 is 2.30 bits per heavy atom. The summed E-state index contributed by atoms with van der Waals surface area (Å²) in [6.45, 7) is 5.08. The largest absolute Gasteiger partial charge is 0.334 e. The van der Waals surface area contributed by atoms with Crippen molar-refractivity contribution in [3.05, 3.63) is 57.9 Å². The summed E-state index contributed by atoms with van der Waals surface area (Å²) in [7, 11) is 0. The standard InChI is InChI=1S/C17H20N4O2/c1-12(2)14-5-3-13(4-6-14)11-20(15-7-8-15)17-18-9-16(10-19-17)21(22)23/h3-6,9-10,12,15H,7-8,11H2,1-2H3. The highest BCUT2D eigenvalue weighted by molar-refractivity contribution is 5.39. The van der Waals surface area contributed by atoms with Gasteiger partial charge in [-0.3, -0.25) is 10.1 Å². The van der Waals surface area contributed by atoms with E-state index in [-0.39, 0.29) is 5.69 Å². The molecule has 1 aliphatic carbocycles. The third-order valence-corrected chi connectivity index (χ3v) is 4.08. The van der Waals surface area contributed by atoms with Crippen LogP contribution < -0.4 is 4.90 Å². The van der Waals surface area contributed by atoms with Crippen LogP contribution in [0.2, 0.25) is 0 Å². The quantitative estimate of drug-likeness (QED) is 0.601. The number of hydrogen-bond donors (Lipinski definition) is 0. The van der Waals surface area contributed by atoms with Crippen molar-refractivity contribution in [2.75, 3.05) is 4.90 Å². The van der Waals surface area contributed by atoms with Crippen molar-refractivity contribution in [1.29, 1.82) is 0 Å². The smallest absolute Gasteiger partial charge is 0.305 e. The second kappa shape index (κ2) is 6.32. The Kier molecular flexibility index (Phi) is 4.23. The molecular weight excluding hydrogens is 292 g/mol. The first-order chi connectivity index (χ1) is 11.0. The van der Waals surface area contributed by atoms with E-state index in [0.717, 1.165) is 19.4 Å². The first-order valence-electron chi connectivity index (χ1n) is 7.86. The van der Waals surface area contributed by atoms with E-state index in [2.05, 4.69) is 53.0 Å². The Labute approximate surface area is 135 Å². The maximum absolute atomic E-state index is 10.7. The van der Waals surface area contributed by atoms with Crippen molar-refractivity contribution < 1.29 is 4.92 Å². The number of benzene rings is 1. The van der Waals surface area contributed by atoms with Crippen LogP contribution in [-0.2, 0) is 6.54 Å². The van der Waals surface area contributed by atoms with Crippen molar-refractivity contribution in [2.24, 2.45) is 0 Å². The van der Waals surface area contributed by atoms with Crippen LogP contribution in [0.4, 0.5) is 11.6 Å². The maximum atomic E-state index is 10.7. The Morgan fingerprint density at radius 2 is 1.83 bits per heavy atom. The van der Waals surface area contributed by atoms with Crippen LogP contribution in [0.15, 0.2) is 36.7 Å². The molecule has 0 bridgehead atoms. The molecule has 1 heterocycles. The van der Waals surface area contributed by atoms with Crippen LogP contribution in [0.3, 0.4) is 0 Å². The highest BCUT2D eigenvalue weighted by atomic mass is 16.6. The third-order valence-electron chi connectivity index (χ3n) is 4.08. The molecule has 0 radical (unpaired) electrons. The molecule has 0 unspecified atom stereocenters. The molecule has 0 spiro atoms. The van der Waals surface area contributed by atoms with E-state index >= 15 is 0 Å². The topological polar surface area (TPSA) is 72.2 Å². The molecule has 1 aromatic carbocycles. The van der Waals surface area contributed by atoms with Gasteiger partial charge in [0.15, 0.2) is 0 Å². The molecule has 0 saturated heterocycles. The number of nitrogens with zero attached hydrogens (tertiary/aromatic N) is 4. The molecule has 1 fully saturated rings. The Bertz CT molecular complexity index is 679. The molecule has 0 amide bonds. The lowest BCUT2D eigenvalue weighted by Gasteiger charge is -2.22. The number of rotatable bonds is 6. The molecule has 1 saturated carbocycles. The SMILES string of the molecule is CC(C)c1ccc(CN(c2ncc([N+](=O)[O-])cn2)C2CC2)cc1. The molecule has 2 aromatic rings. The van der Waals surface area contributed by atoms with Gasteiger partial charge in [-0.05, 0) is 29.9 Å². The maximum Gasteiger partial charge on any atom is 0.305 e. The predicted octanol–water partition coefficient (Wildman–Crippen LogP) is 3.68. The molecule has 6 nitrogen and oxygen atoms in total. The van der Waals surface area contributed by atoms with E-state index in [1.807, 2.05) is 0 Å². The summed E-state index contributed by atoms with van der Waals surface area (Å²) >= 11 is 0. The zero-order valence-corrected chi connectivity index (χ0v) is 13.3. The van der Waals surface area contributed by atoms with Crippen LogP contribution in [0.25, 0.3) is 0 Å². The molecule has 1 aromatic heterocycles. The third kappa shape index (κ3) is 3.64. The zero-order valence-electron chi connectivity index (χ0n) is 13.3. The monoisotopic (exact) mass is 312 g/mol. The van der Waals surface area contributed by atoms with Crippen molar-refractivity contribution in [1.82, 2.24) is 9.97 Å². The van der Waals surface area contributed by atoms with Crippen molar-refractivity contribution in [3.8, 4) is 0 Å². The number of hydrogen-bond acceptors (Lipinski definition) is 5. The van der Waals surface area contributed by atoms with Crippen LogP contribution in [0.1, 0.15) is 43.7 Å². The van der Waals surface area contributed by atoms with Crippen LogP contribution in [0, 0.1) is 10.1 Å². The van der Waals surface area contributed by atoms with E-state index in [0.29, 0.717) is 17.9 Å². The molecule has 0 N–H and O–H groups in total. The minimum atomic E-state index is -0.476. The molecule has 6 heteroatoms. The summed E-state index contributed by atoms with van der Waals surface area (Å²) < 4.78 is 0. The van der Waals surface area contributed by atoms with E-state index in [1.54, 1.807) is 0 Å². The fourth-order valence-electron chi connectivity index (χ4n) is 2.51. The van der Waals surface area contributed by atoms with Gasteiger partial charge in [0.25, 0.3) is 0 Å². The molecule has 23 heavy (non-hydrogen) atoms. The average Bonchev–Trinajstić information content (AvgIpc) is 3.38. The Balaban J connectivity index is 1.78. The fraction of sp³-hybridized carbons (Fsp3) is 0.412. The van der Waals surface area contributed by atoms with Gasteiger partial charge in [0.1, 0.15) is 12.4 Å². The first-order valence-corrected chi connectivity index (χ1v) is 7.86. The lowest BCUT2D eigenvalue weighted by molar-refractivity contribution is -0.385. The second-order valence-electron chi connectivity index (χ2n) is 6.25. The summed E-state index contributed by atoms with van der Waals surface area (Å²) in [5, 5.41) is 10.7. The summed E-state index contributed by atoms with van der Waals surface area (Å²) in [4.78, 5) is 20.7. The van der Waals surface area contributed by atoms with Gasteiger partial charge in [0, 0.05) is 12.6 Å². The second-order valence-corrected chi connectivity index (χ2v) is 6.25. The minimum Gasteiger partial charge on any atom is -0.334 e. The summed E-state index contributed by atoms with van der Waals surface area (Å²) in [5.41, 5.74) is 2.44. The van der Waals surface area contributed by atoms with Gasteiger partial charge >= 0.3 is 5.69 Å². The highest BCUT2D eigenvalue weighted by Gasteiger charge is 2.31. The number of anilines is 1. The molecule has 1 aliphatic rings. The Hall–Kier alpha value is -2.50. The van der Waals surface area contributed by atoms with Gasteiger partial charge in [-0.25, -0.2) is 9.97 Å². The van der Waals surface area contributed by atoms with E-state index in [9.17, 15) is 10.1 Å². The molecule has 0 atom stereocenters. The molecule has 120 valence electrons. The minimum absolute atomic E-state index is 0.0780. The van der Waals surface area contributed by atoms with E-state index in [1.165, 1.54) is 23.5 Å². The van der Waals surface area contributed by atoms with Crippen molar-refractivity contribution in [3.63, 3.8) is 0 Å².